The number of aryl methyl sites for hydroxylation is 2. The second-order valence-corrected chi connectivity index (χ2v) is 5.34. The third kappa shape index (κ3) is 2.50. The van der Waals surface area contributed by atoms with Crippen LogP contribution < -0.4 is 0 Å². The van der Waals surface area contributed by atoms with Crippen molar-refractivity contribution in [1.29, 1.82) is 0 Å². The molecule has 2 rings (SSSR count). The molecule has 0 saturated carbocycles. The van der Waals surface area contributed by atoms with Crippen LogP contribution in [0.2, 0.25) is 5.15 Å². The summed E-state index contributed by atoms with van der Waals surface area (Å²) in [6.07, 6.45) is -0.582. The lowest BCUT2D eigenvalue weighted by Gasteiger charge is -2.07. The Morgan fingerprint density at radius 1 is 1.32 bits per heavy atom. The van der Waals surface area contributed by atoms with Gasteiger partial charge in [-0.05, 0) is 44.0 Å². The van der Waals surface area contributed by atoms with E-state index >= 15 is 0 Å². The molecule has 0 bridgehead atoms. The number of hydrogen-bond acceptors (Lipinski definition) is 2. The molecule has 3 nitrogen and oxygen atoms in total. The van der Waals surface area contributed by atoms with Crippen molar-refractivity contribution < 1.29 is 9.84 Å². The molecule has 0 saturated heterocycles. The lowest BCUT2D eigenvalue weighted by atomic mass is 10.0. The molecule has 1 aromatic carbocycles. The molecule has 19 heavy (non-hydrogen) atoms. The molecule has 0 aliphatic carbocycles. The summed E-state index contributed by atoms with van der Waals surface area (Å²) in [5.41, 5.74) is 4.28. The smallest absolute Gasteiger partial charge is 0.115 e. The van der Waals surface area contributed by atoms with Crippen molar-refractivity contribution in [3.63, 3.8) is 0 Å². The summed E-state index contributed by atoms with van der Waals surface area (Å²) in [4.78, 5) is 0. The zero-order valence-corrected chi connectivity index (χ0v) is 12.6. The summed E-state index contributed by atoms with van der Waals surface area (Å²) in [7, 11) is 1.67. The molecule has 1 aromatic heterocycles. The zero-order valence-electron chi connectivity index (χ0n) is 11.8. The third-order valence-corrected chi connectivity index (χ3v) is 4.00. The van der Waals surface area contributed by atoms with Gasteiger partial charge in [0, 0.05) is 30.1 Å². The molecule has 2 aromatic rings. The highest BCUT2D eigenvalue weighted by molar-refractivity contribution is 6.32. The van der Waals surface area contributed by atoms with E-state index in [0.717, 1.165) is 16.5 Å². The Bertz CT molecular complexity index is 602. The predicted molar refractivity (Wildman–Crippen MR) is 78.9 cm³/mol. The first-order chi connectivity index (χ1) is 8.97. The van der Waals surface area contributed by atoms with Crippen molar-refractivity contribution in [2.75, 3.05) is 13.7 Å². The lowest BCUT2D eigenvalue weighted by Crippen LogP contribution is -2.04. The number of benzene rings is 1. The van der Waals surface area contributed by atoms with Gasteiger partial charge in [-0.25, -0.2) is 0 Å². The van der Waals surface area contributed by atoms with Gasteiger partial charge in [0.2, 0.25) is 0 Å². The summed E-state index contributed by atoms with van der Waals surface area (Å²) in [6, 6.07) is 4.22. The second-order valence-electron chi connectivity index (χ2n) is 4.98. The van der Waals surface area contributed by atoms with Crippen LogP contribution in [0.5, 0.6) is 0 Å². The maximum atomic E-state index is 9.97. The Kier molecular flexibility index (Phi) is 4.19. The monoisotopic (exact) mass is 281 g/mol. The fourth-order valence-electron chi connectivity index (χ4n) is 2.40. The first-order valence-corrected chi connectivity index (χ1v) is 6.81. The average molecular weight is 282 g/mol. The van der Waals surface area contributed by atoms with Gasteiger partial charge in [0.1, 0.15) is 5.15 Å². The Morgan fingerprint density at radius 3 is 2.53 bits per heavy atom. The van der Waals surface area contributed by atoms with Crippen molar-refractivity contribution in [3.05, 3.63) is 34.0 Å². The Labute approximate surface area is 118 Å². The quantitative estimate of drug-likeness (QED) is 0.929. The molecule has 1 atom stereocenters. The number of hydrogen-bond donors (Lipinski definition) is 1. The normalized spacial score (nSPS) is 13.2. The van der Waals surface area contributed by atoms with E-state index in [1.807, 2.05) is 4.57 Å². The molecule has 0 radical (unpaired) electrons. The standard InChI is InChI=1S/C15H20ClNO2/c1-9-7-12-13(8-10(9)2)17(5-6-19-4)15(16)14(12)11(3)18/h7-8,11,18H,5-6H2,1-4H3. The lowest BCUT2D eigenvalue weighted by molar-refractivity contribution is 0.187. The minimum Gasteiger partial charge on any atom is -0.389 e. The topological polar surface area (TPSA) is 34.4 Å². The number of ether oxygens (including phenoxy) is 1. The molecular formula is C15H20ClNO2. The van der Waals surface area contributed by atoms with E-state index < -0.39 is 6.10 Å². The summed E-state index contributed by atoms with van der Waals surface area (Å²) < 4.78 is 7.14. The van der Waals surface area contributed by atoms with E-state index in [1.54, 1.807) is 14.0 Å². The maximum absolute atomic E-state index is 9.97. The number of nitrogens with zero attached hydrogens (tertiary/aromatic N) is 1. The number of fused-ring (bicyclic) bond motifs is 1. The van der Waals surface area contributed by atoms with Crippen LogP contribution in [0.15, 0.2) is 12.1 Å². The number of rotatable bonds is 4. The summed E-state index contributed by atoms with van der Waals surface area (Å²) in [5.74, 6) is 0. The van der Waals surface area contributed by atoms with Crippen LogP contribution in [0, 0.1) is 13.8 Å². The Morgan fingerprint density at radius 2 is 1.95 bits per heavy atom. The van der Waals surface area contributed by atoms with Crippen molar-refractivity contribution in [1.82, 2.24) is 4.57 Å². The highest BCUT2D eigenvalue weighted by Gasteiger charge is 2.19. The highest BCUT2D eigenvalue weighted by Crippen LogP contribution is 2.35. The Balaban J connectivity index is 2.72. The largest absolute Gasteiger partial charge is 0.389 e. The predicted octanol–water partition coefficient (Wildman–Crippen LogP) is 3.61. The van der Waals surface area contributed by atoms with Crippen molar-refractivity contribution in [2.24, 2.45) is 0 Å². The van der Waals surface area contributed by atoms with E-state index in [0.29, 0.717) is 18.3 Å². The van der Waals surface area contributed by atoms with Crippen molar-refractivity contribution in [3.8, 4) is 0 Å². The van der Waals surface area contributed by atoms with Crippen molar-refractivity contribution in [2.45, 2.75) is 33.4 Å². The minimum atomic E-state index is -0.582. The maximum Gasteiger partial charge on any atom is 0.115 e. The van der Waals surface area contributed by atoms with Gasteiger partial charge in [0.25, 0.3) is 0 Å². The fourth-order valence-corrected chi connectivity index (χ4v) is 2.84. The molecule has 0 fully saturated rings. The number of aliphatic hydroxyl groups excluding tert-OH is 1. The average Bonchev–Trinajstić information content (AvgIpc) is 2.59. The number of methoxy groups -OCH3 is 1. The first kappa shape index (κ1) is 14.4. The van der Waals surface area contributed by atoms with Gasteiger partial charge in [-0.3, -0.25) is 0 Å². The molecular weight excluding hydrogens is 262 g/mol. The molecule has 104 valence electrons. The molecule has 4 heteroatoms. The van der Waals surface area contributed by atoms with Gasteiger partial charge in [-0.2, -0.15) is 0 Å². The molecule has 1 N–H and O–H groups in total. The second kappa shape index (κ2) is 5.53. The summed E-state index contributed by atoms with van der Waals surface area (Å²) in [5, 5.41) is 11.6. The number of aromatic nitrogens is 1. The van der Waals surface area contributed by atoms with E-state index in [2.05, 4.69) is 26.0 Å². The van der Waals surface area contributed by atoms with E-state index in [9.17, 15) is 5.11 Å². The van der Waals surface area contributed by atoms with Crippen LogP contribution in [0.1, 0.15) is 29.7 Å². The van der Waals surface area contributed by atoms with Gasteiger partial charge in [-0.1, -0.05) is 11.6 Å². The third-order valence-electron chi connectivity index (χ3n) is 3.59. The molecule has 1 unspecified atom stereocenters. The zero-order chi connectivity index (χ0) is 14.2. The van der Waals surface area contributed by atoms with Gasteiger partial charge in [-0.15, -0.1) is 0 Å². The number of aliphatic hydroxyl groups is 1. The van der Waals surface area contributed by atoms with E-state index in [4.69, 9.17) is 16.3 Å². The van der Waals surface area contributed by atoms with Crippen LogP contribution in [0.25, 0.3) is 10.9 Å². The van der Waals surface area contributed by atoms with Crippen LogP contribution in [0.3, 0.4) is 0 Å². The van der Waals surface area contributed by atoms with Crippen molar-refractivity contribution >= 4 is 22.5 Å². The van der Waals surface area contributed by atoms with Crippen LogP contribution in [-0.2, 0) is 11.3 Å². The van der Waals surface area contributed by atoms with E-state index in [-0.39, 0.29) is 0 Å². The number of halogens is 1. The minimum absolute atomic E-state index is 0.582. The van der Waals surface area contributed by atoms with Gasteiger partial charge >= 0.3 is 0 Å². The SMILES string of the molecule is COCCn1c(Cl)c(C(C)O)c2cc(C)c(C)cc21. The molecule has 0 spiro atoms. The molecule has 0 amide bonds. The van der Waals surface area contributed by atoms with Gasteiger partial charge < -0.3 is 14.4 Å². The summed E-state index contributed by atoms with van der Waals surface area (Å²) in [6.45, 7) is 7.17. The van der Waals surface area contributed by atoms with Crippen LogP contribution >= 0.6 is 11.6 Å². The summed E-state index contributed by atoms with van der Waals surface area (Å²) >= 11 is 6.44. The molecule has 0 aliphatic heterocycles. The van der Waals surface area contributed by atoms with E-state index in [1.165, 1.54) is 11.1 Å². The molecule has 0 aliphatic rings. The highest BCUT2D eigenvalue weighted by atomic mass is 35.5. The van der Waals surface area contributed by atoms with Gasteiger partial charge in [0.05, 0.1) is 12.7 Å². The molecule has 1 heterocycles. The van der Waals surface area contributed by atoms with Crippen LogP contribution in [-0.4, -0.2) is 23.4 Å². The first-order valence-electron chi connectivity index (χ1n) is 6.43. The van der Waals surface area contributed by atoms with Gasteiger partial charge in [0.15, 0.2) is 0 Å². The fraction of sp³-hybridized carbons (Fsp3) is 0.467. The Hall–Kier alpha value is -1.03. The van der Waals surface area contributed by atoms with Crippen LogP contribution in [0.4, 0.5) is 0 Å².